The van der Waals surface area contributed by atoms with Gasteiger partial charge in [-0.3, -0.25) is 0 Å². The summed E-state index contributed by atoms with van der Waals surface area (Å²) in [6, 6.07) is 7.43. The molecule has 1 aromatic carbocycles. The predicted molar refractivity (Wildman–Crippen MR) is 80.6 cm³/mol. The zero-order chi connectivity index (χ0) is 15.5. The van der Waals surface area contributed by atoms with Crippen LogP contribution >= 0.6 is 0 Å². The molecule has 0 spiro atoms. The average Bonchev–Trinajstić information content (AvgIpc) is 3.10. The van der Waals surface area contributed by atoms with Gasteiger partial charge in [0.25, 0.3) is 0 Å². The number of methoxy groups -OCH3 is 1. The number of carbonyl (C=O) groups is 1. The highest BCUT2D eigenvalue weighted by Gasteiger charge is 2.47. The van der Waals surface area contributed by atoms with Crippen LogP contribution in [0.4, 0.5) is 0 Å². The SMILES string of the molecule is COc1ccc(/C=C/C(=O)O[C@@H]2CO[C@H]3[C@@H]2OC[C@H]3C)cc1. The minimum absolute atomic E-state index is 0.0448. The first-order valence-corrected chi connectivity index (χ1v) is 7.43. The van der Waals surface area contributed by atoms with Crippen LogP contribution in [0, 0.1) is 5.92 Å². The number of hydrogen-bond acceptors (Lipinski definition) is 5. The van der Waals surface area contributed by atoms with Crippen molar-refractivity contribution in [1.82, 2.24) is 0 Å². The summed E-state index contributed by atoms with van der Waals surface area (Å²) in [6.07, 6.45) is 2.74. The van der Waals surface area contributed by atoms with Gasteiger partial charge in [-0.2, -0.15) is 0 Å². The monoisotopic (exact) mass is 304 g/mol. The molecule has 3 rings (SSSR count). The van der Waals surface area contributed by atoms with Gasteiger partial charge in [-0.1, -0.05) is 19.1 Å². The second kappa shape index (κ2) is 6.50. The Balaban J connectivity index is 1.55. The third kappa shape index (κ3) is 3.15. The fraction of sp³-hybridized carbons (Fsp3) is 0.471. The zero-order valence-corrected chi connectivity index (χ0v) is 12.7. The fourth-order valence-electron chi connectivity index (χ4n) is 2.82. The molecule has 22 heavy (non-hydrogen) atoms. The number of hydrogen-bond donors (Lipinski definition) is 0. The van der Waals surface area contributed by atoms with Crippen molar-refractivity contribution < 1.29 is 23.7 Å². The van der Waals surface area contributed by atoms with Crippen LogP contribution in [-0.2, 0) is 19.0 Å². The van der Waals surface area contributed by atoms with Crippen LogP contribution < -0.4 is 4.74 Å². The lowest BCUT2D eigenvalue weighted by molar-refractivity contribution is -0.147. The first-order valence-electron chi connectivity index (χ1n) is 7.43. The van der Waals surface area contributed by atoms with Crippen molar-refractivity contribution >= 4 is 12.0 Å². The third-order valence-corrected chi connectivity index (χ3v) is 4.05. The zero-order valence-electron chi connectivity index (χ0n) is 12.7. The van der Waals surface area contributed by atoms with E-state index in [1.807, 2.05) is 24.3 Å². The highest BCUT2D eigenvalue weighted by Crippen LogP contribution is 2.32. The van der Waals surface area contributed by atoms with Gasteiger partial charge in [-0.05, 0) is 23.8 Å². The summed E-state index contributed by atoms with van der Waals surface area (Å²) in [4.78, 5) is 11.9. The molecule has 0 saturated carbocycles. The van der Waals surface area contributed by atoms with Gasteiger partial charge < -0.3 is 18.9 Å². The van der Waals surface area contributed by atoms with Crippen molar-refractivity contribution in [3.63, 3.8) is 0 Å². The Bertz CT molecular complexity index is 551. The van der Waals surface area contributed by atoms with E-state index < -0.39 is 0 Å². The quantitative estimate of drug-likeness (QED) is 0.629. The molecule has 4 atom stereocenters. The topological polar surface area (TPSA) is 54.0 Å². The Kier molecular flexibility index (Phi) is 4.45. The lowest BCUT2D eigenvalue weighted by Crippen LogP contribution is -2.32. The largest absolute Gasteiger partial charge is 0.497 e. The van der Waals surface area contributed by atoms with Crippen LogP contribution in [0.1, 0.15) is 12.5 Å². The maximum absolute atomic E-state index is 11.9. The van der Waals surface area contributed by atoms with Gasteiger partial charge in [-0.25, -0.2) is 4.79 Å². The number of benzene rings is 1. The Morgan fingerprint density at radius 1 is 1.18 bits per heavy atom. The van der Waals surface area contributed by atoms with E-state index in [1.165, 1.54) is 6.08 Å². The molecule has 1 aromatic rings. The maximum Gasteiger partial charge on any atom is 0.331 e. The first-order chi connectivity index (χ1) is 10.7. The first kappa shape index (κ1) is 15.1. The molecular formula is C17H20O5. The van der Waals surface area contributed by atoms with E-state index in [-0.39, 0.29) is 24.3 Å². The summed E-state index contributed by atoms with van der Waals surface area (Å²) < 4.78 is 21.8. The van der Waals surface area contributed by atoms with Crippen molar-refractivity contribution in [2.75, 3.05) is 20.3 Å². The molecule has 2 aliphatic heterocycles. The van der Waals surface area contributed by atoms with Gasteiger partial charge in [0.15, 0.2) is 6.10 Å². The van der Waals surface area contributed by atoms with Gasteiger partial charge in [0.1, 0.15) is 11.9 Å². The van der Waals surface area contributed by atoms with Crippen LogP contribution in [0.3, 0.4) is 0 Å². The van der Waals surface area contributed by atoms with E-state index in [4.69, 9.17) is 18.9 Å². The standard InChI is InChI=1S/C17H20O5/c1-11-9-20-17-14(10-21-16(11)17)22-15(18)8-5-12-3-6-13(19-2)7-4-12/h3-8,11,14,16-17H,9-10H2,1-2H3/b8-5+/t11-,14-,16-,17-/m1/s1. The molecule has 2 heterocycles. The lowest BCUT2D eigenvalue weighted by atomic mass is 10.0. The van der Waals surface area contributed by atoms with Crippen molar-refractivity contribution in [3.8, 4) is 5.75 Å². The summed E-state index contributed by atoms with van der Waals surface area (Å²) >= 11 is 0. The minimum atomic E-state index is -0.381. The highest BCUT2D eigenvalue weighted by molar-refractivity contribution is 5.87. The van der Waals surface area contributed by atoms with Crippen LogP contribution in [0.2, 0.25) is 0 Å². The van der Waals surface area contributed by atoms with Crippen LogP contribution in [0.5, 0.6) is 5.75 Å². The molecule has 0 N–H and O–H groups in total. The molecule has 0 radical (unpaired) electrons. The average molecular weight is 304 g/mol. The number of rotatable bonds is 4. The summed E-state index contributed by atoms with van der Waals surface area (Å²) in [7, 11) is 1.62. The predicted octanol–water partition coefficient (Wildman–Crippen LogP) is 2.05. The van der Waals surface area contributed by atoms with E-state index in [9.17, 15) is 4.79 Å². The molecule has 0 bridgehead atoms. The van der Waals surface area contributed by atoms with Gasteiger partial charge in [-0.15, -0.1) is 0 Å². The van der Waals surface area contributed by atoms with Gasteiger partial charge in [0, 0.05) is 12.0 Å². The molecular weight excluding hydrogens is 284 g/mol. The molecule has 0 amide bonds. The van der Waals surface area contributed by atoms with E-state index in [2.05, 4.69) is 6.92 Å². The summed E-state index contributed by atoms with van der Waals surface area (Å²) in [5.74, 6) is 0.748. The van der Waals surface area contributed by atoms with Gasteiger partial charge >= 0.3 is 5.97 Å². The molecule has 2 aliphatic rings. The van der Waals surface area contributed by atoms with E-state index in [0.717, 1.165) is 11.3 Å². The maximum atomic E-state index is 11.9. The molecule has 0 aromatic heterocycles. The molecule has 2 fully saturated rings. The van der Waals surface area contributed by atoms with Crippen LogP contribution in [0.25, 0.3) is 6.08 Å². The second-order valence-corrected chi connectivity index (χ2v) is 5.66. The normalized spacial score (nSPS) is 30.5. The number of esters is 1. The van der Waals surface area contributed by atoms with Gasteiger partial charge in [0.2, 0.25) is 0 Å². The smallest absolute Gasteiger partial charge is 0.331 e. The van der Waals surface area contributed by atoms with E-state index >= 15 is 0 Å². The third-order valence-electron chi connectivity index (χ3n) is 4.05. The number of carbonyl (C=O) groups excluding carboxylic acids is 1. The van der Waals surface area contributed by atoms with Crippen molar-refractivity contribution in [1.29, 1.82) is 0 Å². The number of ether oxygens (including phenoxy) is 4. The molecule has 0 unspecified atom stereocenters. The summed E-state index contributed by atoms with van der Waals surface area (Å²) in [6.45, 7) is 3.14. The Labute approximate surface area is 129 Å². The van der Waals surface area contributed by atoms with Crippen LogP contribution in [0.15, 0.2) is 30.3 Å². The summed E-state index contributed by atoms with van der Waals surface area (Å²) in [5.41, 5.74) is 0.907. The lowest BCUT2D eigenvalue weighted by Gasteiger charge is -2.15. The van der Waals surface area contributed by atoms with Crippen molar-refractivity contribution in [3.05, 3.63) is 35.9 Å². The summed E-state index contributed by atoms with van der Waals surface area (Å²) in [5, 5.41) is 0. The molecule has 2 saturated heterocycles. The molecule has 0 aliphatic carbocycles. The van der Waals surface area contributed by atoms with Crippen LogP contribution in [-0.4, -0.2) is 44.6 Å². The van der Waals surface area contributed by atoms with Gasteiger partial charge in [0.05, 0.1) is 26.4 Å². The van der Waals surface area contributed by atoms with E-state index in [0.29, 0.717) is 19.1 Å². The molecule has 5 heteroatoms. The second-order valence-electron chi connectivity index (χ2n) is 5.66. The van der Waals surface area contributed by atoms with E-state index in [1.54, 1.807) is 13.2 Å². The Morgan fingerprint density at radius 2 is 1.91 bits per heavy atom. The highest BCUT2D eigenvalue weighted by atomic mass is 16.6. The number of fused-ring (bicyclic) bond motifs is 1. The van der Waals surface area contributed by atoms with Crippen molar-refractivity contribution in [2.45, 2.75) is 25.2 Å². The minimum Gasteiger partial charge on any atom is -0.497 e. The Morgan fingerprint density at radius 3 is 2.64 bits per heavy atom. The molecule has 5 nitrogen and oxygen atoms in total. The molecule has 118 valence electrons. The van der Waals surface area contributed by atoms with Crippen molar-refractivity contribution in [2.24, 2.45) is 5.92 Å². The fourth-order valence-corrected chi connectivity index (χ4v) is 2.82. The Hall–Kier alpha value is -1.85.